The first-order valence-corrected chi connectivity index (χ1v) is 9.34. The number of hydroxylamine groups is 4. The van der Waals surface area contributed by atoms with Crippen LogP contribution in [0.15, 0.2) is 0 Å². The Morgan fingerprint density at radius 2 is 0.800 bits per heavy atom. The van der Waals surface area contributed by atoms with E-state index in [1.807, 2.05) is 0 Å². The van der Waals surface area contributed by atoms with Crippen molar-refractivity contribution in [1.29, 1.82) is 0 Å². The fraction of sp³-hybridized carbons (Fsp3) is 0.556. The highest BCUT2D eigenvalue weighted by molar-refractivity contribution is 6.02. The van der Waals surface area contributed by atoms with Crippen molar-refractivity contribution in [3.8, 4) is 0 Å². The Hall–Kier alpha value is -3.44. The van der Waals surface area contributed by atoms with E-state index in [1.54, 1.807) is 0 Å². The summed E-state index contributed by atoms with van der Waals surface area (Å²) in [4.78, 5) is 101. The van der Waals surface area contributed by atoms with E-state index in [1.165, 1.54) is 0 Å². The van der Waals surface area contributed by atoms with Gasteiger partial charge in [-0.1, -0.05) is 0 Å². The highest BCUT2D eigenvalue weighted by atomic mass is 16.7. The van der Waals surface area contributed by atoms with Crippen LogP contribution in [0, 0.1) is 0 Å². The summed E-state index contributed by atoms with van der Waals surface area (Å²) < 4.78 is 0. The Morgan fingerprint density at radius 3 is 1.10 bits per heavy atom. The largest absolute Gasteiger partial charge is 0.333 e. The van der Waals surface area contributed by atoms with E-state index in [2.05, 4.69) is 9.68 Å². The molecule has 0 aromatic carbocycles. The maximum atomic E-state index is 11.8. The van der Waals surface area contributed by atoms with E-state index in [0.717, 1.165) is 0 Å². The van der Waals surface area contributed by atoms with E-state index in [4.69, 9.17) is 0 Å². The van der Waals surface area contributed by atoms with Gasteiger partial charge < -0.3 is 9.68 Å². The van der Waals surface area contributed by atoms with E-state index in [-0.39, 0.29) is 64.2 Å². The van der Waals surface area contributed by atoms with Crippen LogP contribution in [0.25, 0.3) is 0 Å². The molecule has 0 aliphatic carbocycles. The molecule has 0 N–H and O–H groups in total. The summed E-state index contributed by atoms with van der Waals surface area (Å²) in [5.41, 5.74) is 0. The van der Waals surface area contributed by atoms with Crippen LogP contribution in [0.1, 0.15) is 64.2 Å². The van der Waals surface area contributed by atoms with Crippen LogP contribution in [0.4, 0.5) is 0 Å². The Kier molecular flexibility index (Phi) is 7.90. The first kappa shape index (κ1) is 22.8. The van der Waals surface area contributed by atoms with Crippen molar-refractivity contribution in [3.63, 3.8) is 0 Å². The van der Waals surface area contributed by atoms with Gasteiger partial charge in [-0.05, 0) is 0 Å². The van der Waals surface area contributed by atoms with E-state index in [0.29, 0.717) is 10.1 Å². The fourth-order valence-electron chi connectivity index (χ4n) is 2.62. The standard InChI is InChI=1S/C18H20N2O10/c21-11(3-9-17(27)29-19-13(23)5-6-14(19)24)1-2-12(22)4-10-18(28)30-20-15(25)7-8-16(20)26/h1-10H2. The van der Waals surface area contributed by atoms with Gasteiger partial charge in [-0.2, -0.15) is 0 Å². The minimum Gasteiger partial charge on any atom is -0.330 e. The average molecular weight is 424 g/mol. The molecule has 0 radical (unpaired) electrons. The number of amides is 4. The third kappa shape index (κ3) is 6.57. The molecule has 0 unspecified atom stereocenters. The Balaban J connectivity index is 1.59. The molecule has 0 bridgehead atoms. The second-order valence-electron chi connectivity index (χ2n) is 6.67. The van der Waals surface area contributed by atoms with Gasteiger partial charge in [0.25, 0.3) is 23.6 Å². The van der Waals surface area contributed by atoms with E-state index < -0.39 is 47.1 Å². The molecule has 2 aliphatic heterocycles. The van der Waals surface area contributed by atoms with Crippen LogP contribution in [-0.4, -0.2) is 57.3 Å². The topological polar surface area (TPSA) is 161 Å². The molecule has 2 aliphatic rings. The Morgan fingerprint density at radius 1 is 0.533 bits per heavy atom. The van der Waals surface area contributed by atoms with Crippen molar-refractivity contribution in [2.45, 2.75) is 64.2 Å². The molecule has 2 heterocycles. The van der Waals surface area contributed by atoms with Gasteiger partial charge in [-0.25, -0.2) is 9.59 Å². The highest BCUT2D eigenvalue weighted by Gasteiger charge is 2.33. The summed E-state index contributed by atoms with van der Waals surface area (Å²) >= 11 is 0. The molecule has 30 heavy (non-hydrogen) atoms. The van der Waals surface area contributed by atoms with Crippen LogP contribution in [0.5, 0.6) is 0 Å². The van der Waals surface area contributed by atoms with Crippen LogP contribution in [0.2, 0.25) is 0 Å². The molecule has 0 aromatic heterocycles. The van der Waals surface area contributed by atoms with Crippen molar-refractivity contribution in [1.82, 2.24) is 10.1 Å². The van der Waals surface area contributed by atoms with Gasteiger partial charge in [0, 0.05) is 51.4 Å². The zero-order valence-corrected chi connectivity index (χ0v) is 16.0. The summed E-state index contributed by atoms with van der Waals surface area (Å²) in [6.45, 7) is 0. The van der Waals surface area contributed by atoms with Gasteiger partial charge in [0.1, 0.15) is 11.6 Å². The van der Waals surface area contributed by atoms with Crippen LogP contribution >= 0.6 is 0 Å². The van der Waals surface area contributed by atoms with Crippen LogP contribution in [-0.2, 0) is 48.0 Å². The highest BCUT2D eigenvalue weighted by Crippen LogP contribution is 2.14. The van der Waals surface area contributed by atoms with E-state index in [9.17, 15) is 38.4 Å². The van der Waals surface area contributed by atoms with E-state index >= 15 is 0 Å². The summed E-state index contributed by atoms with van der Waals surface area (Å²) in [6, 6.07) is 0. The average Bonchev–Trinajstić information content (AvgIpc) is 3.19. The van der Waals surface area contributed by atoms with Crippen molar-refractivity contribution in [2.75, 3.05) is 0 Å². The number of hydrogen-bond acceptors (Lipinski definition) is 10. The van der Waals surface area contributed by atoms with Crippen molar-refractivity contribution in [2.24, 2.45) is 0 Å². The summed E-state index contributed by atoms with van der Waals surface area (Å²) in [6.07, 6.45) is -1.64. The first-order chi connectivity index (χ1) is 14.2. The molecule has 0 atom stereocenters. The monoisotopic (exact) mass is 424 g/mol. The predicted molar refractivity (Wildman–Crippen MR) is 92.1 cm³/mol. The molecule has 12 nitrogen and oxygen atoms in total. The number of imide groups is 2. The van der Waals surface area contributed by atoms with Gasteiger partial charge in [0.05, 0.1) is 12.8 Å². The molecular weight excluding hydrogens is 404 g/mol. The molecular formula is C18H20N2O10. The fourth-order valence-corrected chi connectivity index (χ4v) is 2.62. The summed E-state index contributed by atoms with van der Waals surface area (Å²) in [5.74, 6) is -5.13. The molecule has 2 fully saturated rings. The minimum absolute atomic E-state index is 0.0364. The lowest BCUT2D eigenvalue weighted by atomic mass is 10.1. The third-order valence-corrected chi connectivity index (χ3v) is 4.30. The minimum atomic E-state index is -0.910. The molecule has 162 valence electrons. The predicted octanol–water partition coefficient (Wildman–Crippen LogP) is -0.320. The first-order valence-electron chi connectivity index (χ1n) is 9.34. The zero-order valence-electron chi connectivity index (χ0n) is 16.0. The maximum absolute atomic E-state index is 11.8. The second kappa shape index (κ2) is 10.4. The van der Waals surface area contributed by atoms with Gasteiger partial charge in [-0.15, -0.1) is 10.1 Å². The maximum Gasteiger partial charge on any atom is 0.333 e. The number of Topliss-reactive ketones (excluding diaryl/α,β-unsaturated/α-hetero) is 2. The van der Waals surface area contributed by atoms with Gasteiger partial charge in [0.15, 0.2) is 0 Å². The summed E-state index contributed by atoms with van der Waals surface area (Å²) in [5, 5.41) is 0.775. The molecule has 0 aromatic rings. The number of carbonyl (C=O) groups excluding carboxylic acids is 8. The third-order valence-electron chi connectivity index (χ3n) is 4.30. The second-order valence-corrected chi connectivity index (χ2v) is 6.67. The lowest BCUT2D eigenvalue weighted by molar-refractivity contribution is -0.197. The number of ketones is 2. The molecule has 4 amide bonds. The number of carbonyl (C=O) groups is 8. The smallest absolute Gasteiger partial charge is 0.330 e. The van der Waals surface area contributed by atoms with Gasteiger partial charge >= 0.3 is 11.9 Å². The van der Waals surface area contributed by atoms with Crippen LogP contribution < -0.4 is 0 Å². The lowest BCUT2D eigenvalue weighted by Crippen LogP contribution is -2.32. The quantitative estimate of drug-likeness (QED) is 0.402. The molecule has 2 saturated heterocycles. The van der Waals surface area contributed by atoms with Gasteiger partial charge in [0.2, 0.25) is 0 Å². The van der Waals surface area contributed by atoms with Crippen molar-refractivity contribution < 1.29 is 48.0 Å². The van der Waals surface area contributed by atoms with Crippen molar-refractivity contribution >= 4 is 47.1 Å². The van der Waals surface area contributed by atoms with Gasteiger partial charge in [-0.3, -0.25) is 28.8 Å². The zero-order chi connectivity index (χ0) is 22.3. The molecule has 2 rings (SSSR count). The number of hydrogen-bond donors (Lipinski definition) is 0. The number of nitrogens with zero attached hydrogens (tertiary/aromatic N) is 2. The SMILES string of the molecule is O=C(CCC(=O)CCC(=O)ON1C(=O)CCC1=O)CCC(=O)ON1C(=O)CCC1=O. The molecule has 0 saturated carbocycles. The lowest BCUT2D eigenvalue weighted by Gasteiger charge is -2.12. The molecule has 0 spiro atoms. The Bertz CT molecular complexity index is 705. The molecule has 12 heteroatoms. The Labute approximate surface area is 170 Å². The van der Waals surface area contributed by atoms with Crippen LogP contribution in [0.3, 0.4) is 0 Å². The summed E-state index contributed by atoms with van der Waals surface area (Å²) in [7, 11) is 0. The normalized spacial score (nSPS) is 16.3. The number of rotatable bonds is 11. The van der Waals surface area contributed by atoms with Crippen molar-refractivity contribution in [3.05, 3.63) is 0 Å².